The van der Waals surface area contributed by atoms with Gasteiger partial charge >= 0.3 is 0 Å². The molecular formula is C27H37F. The minimum Gasteiger partial charge on any atom is -0.206 e. The zero-order chi connectivity index (χ0) is 19.8. The zero-order valence-electron chi connectivity index (χ0n) is 17.9. The van der Waals surface area contributed by atoms with Gasteiger partial charge in [-0.1, -0.05) is 95.2 Å². The van der Waals surface area contributed by atoms with E-state index in [1.807, 2.05) is 6.07 Å². The number of hydrogen-bond acceptors (Lipinski definition) is 0. The minimum atomic E-state index is -0.0885. The van der Waals surface area contributed by atoms with E-state index in [1.54, 1.807) is 6.07 Å². The van der Waals surface area contributed by atoms with Gasteiger partial charge in [-0.2, -0.15) is 0 Å². The third kappa shape index (κ3) is 5.93. The molecule has 0 radical (unpaired) electrons. The van der Waals surface area contributed by atoms with E-state index in [2.05, 4.69) is 44.2 Å². The summed E-state index contributed by atoms with van der Waals surface area (Å²) in [5.74, 6) is 1.79. The van der Waals surface area contributed by atoms with Crippen molar-refractivity contribution in [2.45, 2.75) is 84.5 Å². The molecule has 0 aliphatic heterocycles. The minimum absolute atomic E-state index is 0.0885. The maximum absolute atomic E-state index is 14.6. The van der Waals surface area contributed by atoms with E-state index in [1.165, 1.54) is 56.9 Å². The molecule has 2 aromatic carbocycles. The molecule has 0 unspecified atom stereocenters. The van der Waals surface area contributed by atoms with E-state index >= 15 is 0 Å². The monoisotopic (exact) mass is 380 g/mol. The highest BCUT2D eigenvalue weighted by Crippen LogP contribution is 2.33. The maximum atomic E-state index is 14.6. The molecule has 28 heavy (non-hydrogen) atoms. The fraction of sp³-hybridized carbons (Fsp3) is 0.556. The lowest BCUT2D eigenvalue weighted by Gasteiger charge is -2.27. The molecular weight excluding hydrogens is 343 g/mol. The Morgan fingerprint density at radius 1 is 0.786 bits per heavy atom. The number of unbranched alkanes of at least 4 members (excludes halogenated alkanes) is 2. The van der Waals surface area contributed by atoms with Crippen LogP contribution in [0.1, 0.15) is 82.8 Å². The summed E-state index contributed by atoms with van der Waals surface area (Å²) < 4.78 is 14.6. The van der Waals surface area contributed by atoms with Gasteiger partial charge in [-0.3, -0.25) is 0 Å². The summed E-state index contributed by atoms with van der Waals surface area (Å²) in [7, 11) is 0. The number of aryl methyl sites for hydroxylation is 2. The molecule has 0 bridgehead atoms. The summed E-state index contributed by atoms with van der Waals surface area (Å²) in [5, 5.41) is 0. The van der Waals surface area contributed by atoms with Crippen molar-refractivity contribution in [3.63, 3.8) is 0 Å². The summed E-state index contributed by atoms with van der Waals surface area (Å²) >= 11 is 0. The van der Waals surface area contributed by atoms with Gasteiger partial charge in [-0.05, 0) is 60.3 Å². The molecule has 0 atom stereocenters. The maximum Gasteiger partial charge on any atom is 0.131 e. The van der Waals surface area contributed by atoms with Gasteiger partial charge in [-0.25, -0.2) is 4.39 Å². The molecule has 3 rings (SSSR count). The van der Waals surface area contributed by atoms with Gasteiger partial charge in [0.05, 0.1) is 0 Å². The Labute approximate surface area is 171 Å². The molecule has 1 saturated carbocycles. The molecule has 0 N–H and O–H groups in total. The second kappa shape index (κ2) is 10.8. The Morgan fingerprint density at radius 2 is 1.46 bits per heavy atom. The topological polar surface area (TPSA) is 0 Å². The van der Waals surface area contributed by atoms with Crippen LogP contribution in [0.25, 0.3) is 11.1 Å². The fourth-order valence-electron chi connectivity index (χ4n) is 4.68. The van der Waals surface area contributed by atoms with Gasteiger partial charge in [0.15, 0.2) is 0 Å². The van der Waals surface area contributed by atoms with Crippen LogP contribution in [0.5, 0.6) is 0 Å². The molecule has 1 fully saturated rings. The lowest BCUT2D eigenvalue weighted by Crippen LogP contribution is -2.14. The molecule has 1 aliphatic rings. The fourth-order valence-corrected chi connectivity index (χ4v) is 4.68. The quantitative estimate of drug-likeness (QED) is 0.383. The lowest BCUT2D eigenvalue weighted by molar-refractivity contribution is 0.259. The van der Waals surface area contributed by atoms with Crippen LogP contribution in [0.4, 0.5) is 4.39 Å². The van der Waals surface area contributed by atoms with Gasteiger partial charge in [-0.15, -0.1) is 0 Å². The highest BCUT2D eigenvalue weighted by molar-refractivity contribution is 5.64. The van der Waals surface area contributed by atoms with Crippen molar-refractivity contribution < 1.29 is 4.39 Å². The Kier molecular flexibility index (Phi) is 8.13. The number of halogens is 1. The van der Waals surface area contributed by atoms with Crippen LogP contribution < -0.4 is 0 Å². The average molecular weight is 381 g/mol. The van der Waals surface area contributed by atoms with Crippen LogP contribution in [-0.4, -0.2) is 0 Å². The normalized spacial score (nSPS) is 19.7. The highest BCUT2D eigenvalue weighted by atomic mass is 19.1. The van der Waals surface area contributed by atoms with Crippen LogP contribution in [0.3, 0.4) is 0 Å². The lowest BCUT2D eigenvalue weighted by atomic mass is 9.78. The van der Waals surface area contributed by atoms with Crippen LogP contribution in [0.2, 0.25) is 0 Å². The second-order valence-corrected chi connectivity index (χ2v) is 8.80. The SMILES string of the molecule is CCCCCc1ccc(-c2ccc(CCC3CCC(CC)CC3)cc2)c(F)c1. The molecule has 1 aliphatic carbocycles. The van der Waals surface area contributed by atoms with Crippen LogP contribution >= 0.6 is 0 Å². The number of benzene rings is 2. The highest BCUT2D eigenvalue weighted by Gasteiger charge is 2.19. The van der Waals surface area contributed by atoms with Crippen molar-refractivity contribution in [2.75, 3.05) is 0 Å². The first-order valence-corrected chi connectivity index (χ1v) is 11.6. The van der Waals surface area contributed by atoms with E-state index < -0.39 is 0 Å². The number of hydrogen-bond donors (Lipinski definition) is 0. The van der Waals surface area contributed by atoms with Crippen LogP contribution in [-0.2, 0) is 12.8 Å². The van der Waals surface area contributed by atoms with Crippen LogP contribution in [0.15, 0.2) is 42.5 Å². The van der Waals surface area contributed by atoms with Gasteiger partial charge in [0.2, 0.25) is 0 Å². The Balaban J connectivity index is 1.54. The van der Waals surface area contributed by atoms with Crippen molar-refractivity contribution >= 4 is 0 Å². The van der Waals surface area contributed by atoms with Crippen LogP contribution in [0, 0.1) is 17.7 Å². The van der Waals surface area contributed by atoms with E-state index in [-0.39, 0.29) is 5.82 Å². The summed E-state index contributed by atoms with van der Waals surface area (Å²) in [5.41, 5.74) is 4.22. The van der Waals surface area contributed by atoms with E-state index in [0.717, 1.165) is 47.8 Å². The molecule has 0 saturated heterocycles. The largest absolute Gasteiger partial charge is 0.206 e. The molecule has 0 spiro atoms. The standard InChI is InChI=1S/C27H37F/c1-3-5-6-7-24-16-19-26(27(28)20-24)25-17-14-23(15-18-25)13-12-22-10-8-21(4-2)9-11-22/h14-22H,3-13H2,1-2H3. The third-order valence-electron chi connectivity index (χ3n) is 6.75. The Morgan fingerprint density at radius 3 is 2.11 bits per heavy atom. The summed E-state index contributed by atoms with van der Waals surface area (Å²) in [6.07, 6.45) is 14.0. The number of rotatable bonds is 9. The van der Waals surface area contributed by atoms with Gasteiger partial charge in [0.1, 0.15) is 5.82 Å². The third-order valence-corrected chi connectivity index (χ3v) is 6.75. The smallest absolute Gasteiger partial charge is 0.131 e. The first-order valence-electron chi connectivity index (χ1n) is 11.6. The Hall–Kier alpha value is -1.63. The molecule has 0 aromatic heterocycles. The van der Waals surface area contributed by atoms with Gasteiger partial charge in [0.25, 0.3) is 0 Å². The van der Waals surface area contributed by atoms with Gasteiger partial charge in [0, 0.05) is 5.56 Å². The van der Waals surface area contributed by atoms with Crippen molar-refractivity contribution in [3.05, 3.63) is 59.4 Å². The summed E-state index contributed by atoms with van der Waals surface area (Å²) in [6.45, 7) is 4.53. The molecule has 0 nitrogen and oxygen atoms in total. The summed E-state index contributed by atoms with van der Waals surface area (Å²) in [4.78, 5) is 0. The Bertz CT molecular complexity index is 708. The van der Waals surface area contributed by atoms with Gasteiger partial charge < -0.3 is 0 Å². The molecule has 1 heteroatoms. The zero-order valence-corrected chi connectivity index (χ0v) is 17.9. The first kappa shape index (κ1) is 21.1. The van der Waals surface area contributed by atoms with Crippen molar-refractivity contribution in [3.8, 4) is 11.1 Å². The summed E-state index contributed by atoms with van der Waals surface area (Å²) in [6, 6.07) is 14.4. The van der Waals surface area contributed by atoms with Crippen molar-refractivity contribution in [2.24, 2.45) is 11.8 Å². The predicted molar refractivity (Wildman–Crippen MR) is 119 cm³/mol. The predicted octanol–water partition coefficient (Wildman–Crippen LogP) is 8.37. The molecule has 0 amide bonds. The first-order chi connectivity index (χ1) is 13.7. The van der Waals surface area contributed by atoms with Crippen molar-refractivity contribution in [1.29, 1.82) is 0 Å². The molecule has 0 heterocycles. The molecule has 152 valence electrons. The second-order valence-electron chi connectivity index (χ2n) is 8.80. The van der Waals surface area contributed by atoms with E-state index in [9.17, 15) is 4.39 Å². The van der Waals surface area contributed by atoms with E-state index in [4.69, 9.17) is 0 Å². The average Bonchev–Trinajstić information content (AvgIpc) is 2.73. The molecule has 2 aromatic rings. The van der Waals surface area contributed by atoms with E-state index in [0.29, 0.717) is 0 Å². The van der Waals surface area contributed by atoms with Crippen molar-refractivity contribution in [1.82, 2.24) is 0 Å².